The summed E-state index contributed by atoms with van der Waals surface area (Å²) in [4.78, 5) is 2.62. The smallest absolute Gasteiger partial charge is 0.0779 e. The summed E-state index contributed by atoms with van der Waals surface area (Å²) in [6, 6.07) is 0.860. The van der Waals surface area contributed by atoms with Gasteiger partial charge in [-0.3, -0.25) is 4.90 Å². The van der Waals surface area contributed by atoms with Gasteiger partial charge in [-0.2, -0.15) is 0 Å². The predicted molar refractivity (Wildman–Crippen MR) is 72.6 cm³/mol. The topological polar surface area (TPSA) is 50.5 Å². The highest BCUT2D eigenvalue weighted by molar-refractivity contribution is 5.03. The maximum absolute atomic E-state index is 6.05. The first-order chi connectivity index (χ1) is 8.65. The van der Waals surface area contributed by atoms with Crippen LogP contribution in [0.15, 0.2) is 0 Å². The van der Waals surface area contributed by atoms with Gasteiger partial charge in [0.05, 0.1) is 5.60 Å². The fourth-order valence-electron chi connectivity index (χ4n) is 3.39. The molecule has 0 aromatic heterocycles. The number of hydrogen-bond acceptors (Lipinski definition) is 4. The summed E-state index contributed by atoms with van der Waals surface area (Å²) < 4.78 is 5.86. The molecular weight excluding hydrogens is 226 g/mol. The Labute approximate surface area is 110 Å². The number of nitrogens with zero attached hydrogens (tertiary/aromatic N) is 1. The van der Waals surface area contributed by atoms with E-state index < -0.39 is 0 Å². The molecule has 2 unspecified atom stereocenters. The zero-order valence-electron chi connectivity index (χ0n) is 11.6. The summed E-state index contributed by atoms with van der Waals surface area (Å²) in [6.07, 6.45) is 6.34. The van der Waals surface area contributed by atoms with Crippen LogP contribution in [0.5, 0.6) is 0 Å². The third-order valence-electron chi connectivity index (χ3n) is 4.98. The normalized spacial score (nSPS) is 41.7. The van der Waals surface area contributed by atoms with Crippen molar-refractivity contribution in [2.45, 2.75) is 56.2 Å². The van der Waals surface area contributed by atoms with E-state index in [0.29, 0.717) is 0 Å². The van der Waals surface area contributed by atoms with E-state index in [9.17, 15) is 0 Å². The molecule has 0 radical (unpaired) electrons. The SMILES string of the molecule is CC1(CNC2(CN)CCN(C3CC3)C2)CCCO1. The number of hydrogen-bond donors (Lipinski definition) is 2. The molecule has 0 amide bonds. The summed E-state index contributed by atoms with van der Waals surface area (Å²) in [5.41, 5.74) is 6.22. The first-order valence-corrected chi connectivity index (χ1v) is 7.48. The van der Waals surface area contributed by atoms with E-state index in [2.05, 4.69) is 17.1 Å². The Morgan fingerprint density at radius 2 is 2.22 bits per heavy atom. The molecule has 1 aliphatic carbocycles. The zero-order valence-corrected chi connectivity index (χ0v) is 11.6. The average Bonchev–Trinajstić information content (AvgIpc) is 3.00. The summed E-state index contributed by atoms with van der Waals surface area (Å²) >= 11 is 0. The van der Waals surface area contributed by atoms with Gasteiger partial charge in [-0.1, -0.05) is 0 Å². The van der Waals surface area contributed by atoms with Crippen molar-refractivity contribution < 1.29 is 4.74 Å². The summed E-state index contributed by atoms with van der Waals surface area (Å²) in [7, 11) is 0. The summed E-state index contributed by atoms with van der Waals surface area (Å²) in [5, 5.41) is 3.75. The van der Waals surface area contributed by atoms with Crippen molar-refractivity contribution >= 4 is 0 Å². The lowest BCUT2D eigenvalue weighted by atomic mass is 9.95. The largest absolute Gasteiger partial charge is 0.374 e. The second-order valence-corrected chi connectivity index (χ2v) is 6.69. The van der Waals surface area contributed by atoms with E-state index in [1.54, 1.807) is 0 Å². The molecule has 3 rings (SSSR count). The van der Waals surface area contributed by atoms with Crippen LogP contribution < -0.4 is 11.1 Å². The third kappa shape index (κ3) is 2.57. The highest BCUT2D eigenvalue weighted by Gasteiger charge is 2.43. The highest BCUT2D eigenvalue weighted by Crippen LogP contribution is 2.33. The Morgan fingerprint density at radius 1 is 1.39 bits per heavy atom. The molecule has 0 spiro atoms. The van der Waals surface area contributed by atoms with E-state index in [1.807, 2.05) is 0 Å². The molecular formula is C14H27N3O. The van der Waals surface area contributed by atoms with Gasteiger partial charge in [-0.15, -0.1) is 0 Å². The van der Waals surface area contributed by atoms with Crippen LogP contribution in [0.25, 0.3) is 0 Å². The molecule has 2 atom stereocenters. The monoisotopic (exact) mass is 253 g/mol. The van der Waals surface area contributed by atoms with Crippen molar-refractivity contribution in [2.24, 2.45) is 5.73 Å². The van der Waals surface area contributed by atoms with Crippen molar-refractivity contribution in [1.82, 2.24) is 10.2 Å². The van der Waals surface area contributed by atoms with Gasteiger partial charge in [0.25, 0.3) is 0 Å². The maximum Gasteiger partial charge on any atom is 0.0779 e. The van der Waals surface area contributed by atoms with Crippen molar-refractivity contribution in [3.63, 3.8) is 0 Å². The van der Waals surface area contributed by atoms with Gasteiger partial charge in [0.1, 0.15) is 0 Å². The molecule has 4 heteroatoms. The fourth-order valence-corrected chi connectivity index (χ4v) is 3.39. The minimum Gasteiger partial charge on any atom is -0.374 e. The van der Waals surface area contributed by atoms with E-state index in [-0.39, 0.29) is 11.1 Å². The molecule has 0 aromatic carbocycles. The van der Waals surface area contributed by atoms with E-state index >= 15 is 0 Å². The number of nitrogens with two attached hydrogens (primary N) is 1. The molecule has 3 aliphatic rings. The van der Waals surface area contributed by atoms with E-state index in [4.69, 9.17) is 10.5 Å². The quantitative estimate of drug-likeness (QED) is 0.758. The lowest BCUT2D eigenvalue weighted by Gasteiger charge is -2.34. The number of ether oxygens (including phenoxy) is 1. The first-order valence-electron chi connectivity index (χ1n) is 7.48. The van der Waals surface area contributed by atoms with Gasteiger partial charge in [-0.05, 0) is 39.0 Å². The first kappa shape index (κ1) is 12.9. The molecule has 2 heterocycles. The third-order valence-corrected chi connectivity index (χ3v) is 4.98. The molecule has 0 aromatic rings. The van der Waals surface area contributed by atoms with Crippen LogP contribution in [0, 0.1) is 0 Å². The van der Waals surface area contributed by atoms with Gasteiger partial charge in [0.2, 0.25) is 0 Å². The molecule has 2 aliphatic heterocycles. The van der Waals surface area contributed by atoms with E-state index in [0.717, 1.165) is 32.3 Å². The van der Waals surface area contributed by atoms with Crippen molar-refractivity contribution in [3.05, 3.63) is 0 Å². The molecule has 2 saturated heterocycles. The predicted octanol–water partition coefficient (Wildman–Crippen LogP) is 0.711. The molecule has 3 N–H and O–H groups in total. The Bertz CT molecular complexity index is 299. The summed E-state index contributed by atoms with van der Waals surface area (Å²) in [6.45, 7) is 7.18. The van der Waals surface area contributed by atoms with Gasteiger partial charge < -0.3 is 15.8 Å². The second kappa shape index (κ2) is 4.75. The van der Waals surface area contributed by atoms with Crippen LogP contribution in [0.2, 0.25) is 0 Å². The Kier molecular flexibility index (Phi) is 3.39. The van der Waals surface area contributed by atoms with Gasteiger partial charge in [0.15, 0.2) is 0 Å². The average molecular weight is 253 g/mol. The number of rotatable bonds is 5. The van der Waals surface area contributed by atoms with Crippen molar-refractivity contribution in [2.75, 3.05) is 32.8 Å². The molecule has 4 nitrogen and oxygen atoms in total. The van der Waals surface area contributed by atoms with Crippen LogP contribution in [-0.4, -0.2) is 54.9 Å². The van der Waals surface area contributed by atoms with Crippen molar-refractivity contribution in [3.8, 4) is 0 Å². The Morgan fingerprint density at radius 3 is 2.83 bits per heavy atom. The van der Waals surface area contributed by atoms with Gasteiger partial charge >= 0.3 is 0 Å². The molecule has 1 saturated carbocycles. The van der Waals surface area contributed by atoms with Crippen LogP contribution in [0.1, 0.15) is 39.0 Å². The maximum atomic E-state index is 6.05. The van der Waals surface area contributed by atoms with Crippen LogP contribution in [0.4, 0.5) is 0 Å². The van der Waals surface area contributed by atoms with Crippen LogP contribution in [0.3, 0.4) is 0 Å². The summed E-state index contributed by atoms with van der Waals surface area (Å²) in [5.74, 6) is 0. The number of nitrogens with one attached hydrogen (secondary N) is 1. The fraction of sp³-hybridized carbons (Fsp3) is 1.00. The lowest BCUT2D eigenvalue weighted by Crippen LogP contribution is -2.57. The zero-order chi connectivity index (χ0) is 12.6. The lowest BCUT2D eigenvalue weighted by molar-refractivity contribution is 0.0147. The van der Waals surface area contributed by atoms with E-state index in [1.165, 1.54) is 38.6 Å². The van der Waals surface area contributed by atoms with Gasteiger partial charge in [0, 0.05) is 44.4 Å². The molecule has 0 bridgehead atoms. The van der Waals surface area contributed by atoms with Crippen LogP contribution >= 0.6 is 0 Å². The highest BCUT2D eigenvalue weighted by atomic mass is 16.5. The molecule has 18 heavy (non-hydrogen) atoms. The van der Waals surface area contributed by atoms with Crippen molar-refractivity contribution in [1.29, 1.82) is 0 Å². The second-order valence-electron chi connectivity index (χ2n) is 6.69. The molecule has 3 fully saturated rings. The Hall–Kier alpha value is -0.160. The number of likely N-dealkylation sites (tertiary alicyclic amines) is 1. The van der Waals surface area contributed by atoms with Gasteiger partial charge in [-0.25, -0.2) is 0 Å². The minimum atomic E-state index is 0.0369. The standard InChI is InChI=1S/C14H27N3O/c1-13(5-2-8-18-13)10-16-14(9-15)6-7-17(11-14)12-3-4-12/h12,16H,2-11,15H2,1H3. The minimum absolute atomic E-state index is 0.0369. The molecule has 104 valence electrons. The Balaban J connectivity index is 1.55. The van der Waals surface area contributed by atoms with Crippen LogP contribution in [-0.2, 0) is 4.74 Å².